The first-order valence-electron chi connectivity index (χ1n) is 12.6. The highest BCUT2D eigenvalue weighted by atomic mass is 35.5. The van der Waals surface area contributed by atoms with Crippen LogP contribution < -0.4 is 25.3 Å². The number of ether oxygens (including phenoxy) is 4. The van der Waals surface area contributed by atoms with E-state index in [2.05, 4.69) is 10.2 Å². The van der Waals surface area contributed by atoms with Crippen LogP contribution in [0.3, 0.4) is 0 Å². The largest absolute Gasteiger partial charge is 0.496 e. The molecule has 0 aliphatic carbocycles. The molecule has 0 aromatic heterocycles. The van der Waals surface area contributed by atoms with Crippen LogP contribution in [0.1, 0.15) is 48.0 Å². The number of carbonyl (C=O) groups excluding carboxylic acids is 1. The van der Waals surface area contributed by atoms with Gasteiger partial charge < -0.3 is 34.9 Å². The molecule has 1 saturated heterocycles. The number of piperidine rings is 1. The van der Waals surface area contributed by atoms with Gasteiger partial charge in [-0.2, -0.15) is 0 Å². The van der Waals surface area contributed by atoms with E-state index in [0.29, 0.717) is 47.9 Å². The molecule has 4 rings (SSSR count). The number of anilines is 1. The smallest absolute Gasteiger partial charge is 0.255 e. The molecular formula is C27H36ClN3O5. The molecular weight excluding hydrogens is 482 g/mol. The minimum absolute atomic E-state index is 0.183. The number of methoxy groups -OCH3 is 1. The summed E-state index contributed by atoms with van der Waals surface area (Å²) >= 11 is 6.09. The van der Waals surface area contributed by atoms with E-state index >= 15 is 0 Å². The molecule has 2 aliphatic rings. The number of nitrogens with zero attached hydrogens (tertiary/aromatic N) is 1. The molecule has 0 radical (unpaired) electrons. The molecule has 0 bridgehead atoms. The van der Waals surface area contributed by atoms with Gasteiger partial charge in [0.1, 0.15) is 5.75 Å². The van der Waals surface area contributed by atoms with Crippen molar-refractivity contribution in [2.75, 3.05) is 52.4 Å². The summed E-state index contributed by atoms with van der Waals surface area (Å²) in [6.07, 6.45) is 5.55. The van der Waals surface area contributed by atoms with Crippen molar-refractivity contribution in [3.05, 3.63) is 46.5 Å². The molecule has 1 fully saturated rings. The molecule has 196 valence electrons. The number of rotatable bonds is 12. The first-order valence-corrected chi connectivity index (χ1v) is 13.0. The molecule has 36 heavy (non-hydrogen) atoms. The van der Waals surface area contributed by atoms with Crippen LogP contribution in [0.2, 0.25) is 5.02 Å². The fraction of sp³-hybridized carbons (Fsp3) is 0.519. The summed E-state index contributed by atoms with van der Waals surface area (Å²) in [6, 6.07) is 9.09. The number of halogens is 1. The number of hydrogen-bond donors (Lipinski definition) is 2. The Morgan fingerprint density at radius 3 is 2.75 bits per heavy atom. The minimum atomic E-state index is -0.183. The predicted molar refractivity (Wildman–Crippen MR) is 140 cm³/mol. The summed E-state index contributed by atoms with van der Waals surface area (Å²) in [5.41, 5.74) is 7.72. The van der Waals surface area contributed by atoms with Crippen molar-refractivity contribution in [3.8, 4) is 17.2 Å². The third kappa shape index (κ3) is 7.18. The summed E-state index contributed by atoms with van der Waals surface area (Å²) in [4.78, 5) is 15.2. The van der Waals surface area contributed by atoms with Gasteiger partial charge in [0.15, 0.2) is 11.5 Å². The molecule has 2 heterocycles. The first-order chi connectivity index (χ1) is 17.5. The second-order valence-corrected chi connectivity index (χ2v) is 9.78. The van der Waals surface area contributed by atoms with Crippen LogP contribution in [0, 0.1) is 5.92 Å². The molecule has 0 saturated carbocycles. The molecule has 9 heteroatoms. The second-order valence-electron chi connectivity index (χ2n) is 9.37. The highest BCUT2D eigenvalue weighted by Crippen LogP contribution is 2.32. The van der Waals surface area contributed by atoms with E-state index in [9.17, 15) is 4.79 Å². The highest BCUT2D eigenvalue weighted by molar-refractivity contribution is 6.33. The number of nitrogens with one attached hydrogen (secondary N) is 1. The average Bonchev–Trinajstić information content (AvgIpc) is 3.36. The van der Waals surface area contributed by atoms with Gasteiger partial charge in [0, 0.05) is 19.2 Å². The summed E-state index contributed by atoms with van der Waals surface area (Å²) < 4.78 is 21.9. The molecule has 0 spiro atoms. The lowest BCUT2D eigenvalue weighted by Crippen LogP contribution is -2.39. The zero-order valence-corrected chi connectivity index (χ0v) is 21.6. The third-order valence-corrected chi connectivity index (χ3v) is 7.12. The average molecular weight is 518 g/mol. The maximum Gasteiger partial charge on any atom is 0.255 e. The van der Waals surface area contributed by atoms with Crippen LogP contribution in [0.5, 0.6) is 17.2 Å². The standard InChI is InChI=1S/C27H36ClN3O5/c1-33-25-15-23(29)22(28)14-21(25)27(32)30-16-19-7-10-31(11-8-19)9-3-2-4-12-34-17-20-5-6-24-26(13-20)36-18-35-24/h5-6,13-15,19H,2-4,7-12,16-18,29H2,1H3,(H,30,32). The Balaban J connectivity index is 1.05. The van der Waals surface area contributed by atoms with Crippen LogP contribution >= 0.6 is 11.6 Å². The predicted octanol–water partition coefficient (Wildman–Crippen LogP) is 4.49. The van der Waals surface area contributed by atoms with Crippen LogP contribution in [-0.4, -0.2) is 57.5 Å². The molecule has 2 aromatic rings. The lowest BCUT2D eigenvalue weighted by molar-refractivity contribution is 0.0932. The SMILES string of the molecule is COc1cc(N)c(Cl)cc1C(=O)NCC1CCN(CCCCCOCc2ccc3c(c2)OCO3)CC1. The number of likely N-dealkylation sites (tertiary alicyclic amines) is 1. The van der Waals surface area contributed by atoms with Crippen LogP contribution in [0.25, 0.3) is 0 Å². The number of carbonyl (C=O) groups is 1. The van der Waals surface area contributed by atoms with Crippen LogP contribution in [0.15, 0.2) is 30.3 Å². The van der Waals surface area contributed by atoms with Crippen molar-refractivity contribution in [1.82, 2.24) is 10.2 Å². The van der Waals surface area contributed by atoms with E-state index in [1.165, 1.54) is 13.5 Å². The monoisotopic (exact) mass is 517 g/mol. The van der Waals surface area contributed by atoms with Gasteiger partial charge in [-0.05, 0) is 81.4 Å². The molecule has 2 aliphatic heterocycles. The third-order valence-electron chi connectivity index (χ3n) is 6.79. The summed E-state index contributed by atoms with van der Waals surface area (Å²) in [5, 5.41) is 3.39. The Kier molecular flexibility index (Phi) is 9.55. The van der Waals surface area contributed by atoms with Gasteiger partial charge in [-0.15, -0.1) is 0 Å². The number of amides is 1. The van der Waals surface area contributed by atoms with Crippen molar-refractivity contribution in [2.24, 2.45) is 5.92 Å². The van der Waals surface area contributed by atoms with Gasteiger partial charge in [-0.1, -0.05) is 17.7 Å². The minimum Gasteiger partial charge on any atom is -0.496 e. The van der Waals surface area contributed by atoms with Gasteiger partial charge in [0.2, 0.25) is 6.79 Å². The number of nitrogens with two attached hydrogens (primary N) is 1. The molecule has 8 nitrogen and oxygen atoms in total. The Morgan fingerprint density at radius 2 is 1.94 bits per heavy atom. The number of fused-ring (bicyclic) bond motifs is 1. The molecule has 3 N–H and O–H groups in total. The maximum atomic E-state index is 12.6. The van der Waals surface area contributed by atoms with Crippen molar-refractivity contribution in [1.29, 1.82) is 0 Å². The topological polar surface area (TPSA) is 95.3 Å². The fourth-order valence-electron chi connectivity index (χ4n) is 4.60. The van der Waals surface area contributed by atoms with Gasteiger partial charge >= 0.3 is 0 Å². The van der Waals surface area contributed by atoms with Crippen LogP contribution in [-0.2, 0) is 11.3 Å². The molecule has 0 atom stereocenters. The summed E-state index contributed by atoms with van der Waals surface area (Å²) in [6.45, 7) is 5.56. The van der Waals surface area contributed by atoms with E-state index in [1.807, 2.05) is 18.2 Å². The van der Waals surface area contributed by atoms with Crippen molar-refractivity contribution >= 4 is 23.2 Å². The number of benzene rings is 2. The number of hydrogen-bond acceptors (Lipinski definition) is 7. The number of unbranched alkanes of at least 4 members (excludes halogenated alkanes) is 2. The Morgan fingerprint density at radius 1 is 1.14 bits per heavy atom. The first kappa shape index (κ1) is 26.4. The fourth-order valence-corrected chi connectivity index (χ4v) is 4.76. The van der Waals surface area contributed by atoms with E-state index < -0.39 is 0 Å². The Hall–Kier alpha value is -2.68. The normalized spacial score (nSPS) is 15.7. The van der Waals surface area contributed by atoms with Crippen molar-refractivity contribution in [3.63, 3.8) is 0 Å². The van der Waals surface area contributed by atoms with E-state index in [1.54, 1.807) is 12.1 Å². The second kappa shape index (κ2) is 13.0. The zero-order valence-electron chi connectivity index (χ0n) is 20.9. The Bertz CT molecular complexity index is 1030. The van der Waals surface area contributed by atoms with Crippen LogP contribution in [0.4, 0.5) is 5.69 Å². The Labute approximate surface area is 218 Å². The van der Waals surface area contributed by atoms with Gasteiger partial charge in [0.05, 0.1) is 30.0 Å². The highest BCUT2D eigenvalue weighted by Gasteiger charge is 2.21. The lowest BCUT2D eigenvalue weighted by Gasteiger charge is -2.32. The maximum absolute atomic E-state index is 12.6. The van der Waals surface area contributed by atoms with Crippen molar-refractivity contribution < 1.29 is 23.7 Å². The lowest BCUT2D eigenvalue weighted by atomic mass is 9.96. The van der Waals surface area contributed by atoms with Gasteiger partial charge in [-0.3, -0.25) is 4.79 Å². The van der Waals surface area contributed by atoms with E-state index in [4.69, 9.17) is 36.3 Å². The molecule has 2 aromatic carbocycles. The zero-order chi connectivity index (χ0) is 25.3. The van der Waals surface area contributed by atoms with E-state index in [-0.39, 0.29) is 5.91 Å². The summed E-state index contributed by atoms with van der Waals surface area (Å²) in [7, 11) is 1.52. The summed E-state index contributed by atoms with van der Waals surface area (Å²) in [5.74, 6) is 2.33. The van der Waals surface area contributed by atoms with Crippen molar-refractivity contribution in [2.45, 2.75) is 38.7 Å². The van der Waals surface area contributed by atoms with E-state index in [0.717, 1.165) is 69.0 Å². The molecule has 1 amide bonds. The van der Waals surface area contributed by atoms with Gasteiger partial charge in [0.25, 0.3) is 5.91 Å². The van der Waals surface area contributed by atoms with Gasteiger partial charge in [-0.25, -0.2) is 0 Å². The molecule has 0 unspecified atom stereocenters. The number of nitrogen functional groups attached to an aromatic ring is 1. The quantitative estimate of drug-likeness (QED) is 0.316.